The molecule has 0 saturated carbocycles. The first-order chi connectivity index (χ1) is 6.86. The molecule has 1 atom stereocenters. The number of nitrogens with zero attached hydrogens (tertiary/aromatic N) is 1. The van der Waals surface area contributed by atoms with Crippen molar-refractivity contribution in [3.8, 4) is 0 Å². The van der Waals surface area contributed by atoms with Crippen LogP contribution in [0.25, 0.3) is 0 Å². The van der Waals surface area contributed by atoms with Crippen LogP contribution in [-0.4, -0.2) is 49.5 Å². The van der Waals surface area contributed by atoms with Crippen molar-refractivity contribution in [2.45, 2.75) is 26.2 Å². The van der Waals surface area contributed by atoms with Crippen molar-refractivity contribution in [3.63, 3.8) is 0 Å². The van der Waals surface area contributed by atoms with Crippen LogP contribution in [0.3, 0.4) is 0 Å². The second-order valence-electron chi connectivity index (χ2n) is 4.08. The van der Waals surface area contributed by atoms with Gasteiger partial charge in [0.1, 0.15) is 0 Å². The van der Waals surface area contributed by atoms with Crippen molar-refractivity contribution in [1.82, 2.24) is 4.90 Å². The Morgan fingerprint density at radius 2 is 2.29 bits per heavy atom. The molecule has 0 spiro atoms. The average molecular weight is 201 g/mol. The van der Waals surface area contributed by atoms with Crippen molar-refractivity contribution >= 4 is 0 Å². The van der Waals surface area contributed by atoms with Gasteiger partial charge in [-0.05, 0) is 31.7 Å². The third-order valence-electron chi connectivity index (χ3n) is 2.81. The van der Waals surface area contributed by atoms with Gasteiger partial charge in [0.05, 0.1) is 6.61 Å². The van der Waals surface area contributed by atoms with E-state index in [2.05, 4.69) is 11.8 Å². The highest BCUT2D eigenvalue weighted by Gasteiger charge is 2.21. The Morgan fingerprint density at radius 3 is 3.00 bits per heavy atom. The summed E-state index contributed by atoms with van der Waals surface area (Å²) in [6, 6.07) is 0. The minimum absolute atomic E-state index is 0.338. The molecule has 14 heavy (non-hydrogen) atoms. The number of aliphatic hydroxyl groups excluding tert-OH is 1. The van der Waals surface area contributed by atoms with Crippen molar-refractivity contribution < 1.29 is 9.84 Å². The maximum atomic E-state index is 8.82. The highest BCUT2D eigenvalue weighted by atomic mass is 16.5. The Morgan fingerprint density at radius 1 is 1.43 bits per heavy atom. The molecule has 0 aliphatic carbocycles. The van der Waals surface area contributed by atoms with Crippen LogP contribution in [0.2, 0.25) is 0 Å². The molecule has 1 heterocycles. The first-order valence-corrected chi connectivity index (χ1v) is 5.77. The Balaban J connectivity index is 1.98. The predicted octanol–water partition coefficient (Wildman–Crippen LogP) is 1.12. The number of aliphatic hydroxyl groups is 1. The minimum atomic E-state index is 0.338. The molecule has 0 bridgehead atoms. The maximum Gasteiger partial charge on any atom is 0.0593 e. The summed E-state index contributed by atoms with van der Waals surface area (Å²) in [4.78, 5) is 2.44. The van der Waals surface area contributed by atoms with E-state index in [4.69, 9.17) is 9.84 Å². The van der Waals surface area contributed by atoms with Crippen LogP contribution in [0, 0.1) is 5.92 Å². The van der Waals surface area contributed by atoms with Crippen LogP contribution < -0.4 is 0 Å². The van der Waals surface area contributed by atoms with Crippen LogP contribution in [0.4, 0.5) is 0 Å². The summed E-state index contributed by atoms with van der Waals surface area (Å²) < 4.78 is 5.45. The molecule has 3 heteroatoms. The van der Waals surface area contributed by atoms with Gasteiger partial charge in [0.25, 0.3) is 0 Å². The molecule has 3 nitrogen and oxygen atoms in total. The predicted molar refractivity (Wildman–Crippen MR) is 57.4 cm³/mol. The first kappa shape index (κ1) is 12.0. The van der Waals surface area contributed by atoms with E-state index in [-0.39, 0.29) is 0 Å². The maximum absolute atomic E-state index is 8.82. The summed E-state index contributed by atoms with van der Waals surface area (Å²) in [7, 11) is 0. The van der Waals surface area contributed by atoms with Crippen LogP contribution in [-0.2, 0) is 4.74 Å². The highest BCUT2D eigenvalue weighted by molar-refractivity contribution is 4.74. The molecule has 0 aromatic rings. The second-order valence-corrected chi connectivity index (χ2v) is 4.08. The standard InChI is InChI=1S/C11H23NO2/c1-2-8-14-9-6-12-5-3-11(10-12)4-7-13/h11,13H,2-10H2,1H3. The van der Waals surface area contributed by atoms with E-state index in [1.165, 1.54) is 13.0 Å². The molecule has 84 valence electrons. The smallest absolute Gasteiger partial charge is 0.0593 e. The van der Waals surface area contributed by atoms with Crippen LogP contribution in [0.1, 0.15) is 26.2 Å². The lowest BCUT2D eigenvalue weighted by atomic mass is 10.1. The van der Waals surface area contributed by atoms with Crippen LogP contribution >= 0.6 is 0 Å². The number of hydrogen-bond donors (Lipinski definition) is 1. The molecule has 1 aliphatic heterocycles. The Kier molecular flexibility index (Phi) is 6.15. The van der Waals surface area contributed by atoms with Gasteiger partial charge < -0.3 is 14.7 Å². The molecule has 1 N–H and O–H groups in total. The Bertz CT molecular complexity index is 141. The first-order valence-electron chi connectivity index (χ1n) is 5.77. The topological polar surface area (TPSA) is 32.7 Å². The zero-order valence-corrected chi connectivity index (χ0v) is 9.24. The molecule has 1 saturated heterocycles. The van der Waals surface area contributed by atoms with Gasteiger partial charge in [0, 0.05) is 26.3 Å². The lowest BCUT2D eigenvalue weighted by Crippen LogP contribution is -2.25. The van der Waals surface area contributed by atoms with Gasteiger partial charge >= 0.3 is 0 Å². The molecule has 1 rings (SSSR count). The Hall–Kier alpha value is -0.120. The van der Waals surface area contributed by atoms with Crippen molar-refractivity contribution in [1.29, 1.82) is 0 Å². The fraction of sp³-hybridized carbons (Fsp3) is 1.00. The highest BCUT2D eigenvalue weighted by Crippen LogP contribution is 2.18. The molecule has 1 unspecified atom stereocenters. The lowest BCUT2D eigenvalue weighted by molar-refractivity contribution is 0.110. The largest absolute Gasteiger partial charge is 0.396 e. The zero-order chi connectivity index (χ0) is 10.2. The summed E-state index contributed by atoms with van der Waals surface area (Å²) in [5.41, 5.74) is 0. The van der Waals surface area contributed by atoms with E-state index in [0.717, 1.165) is 39.1 Å². The monoisotopic (exact) mass is 201 g/mol. The average Bonchev–Trinajstić information content (AvgIpc) is 2.61. The summed E-state index contributed by atoms with van der Waals surface area (Å²) in [6.07, 6.45) is 3.31. The van der Waals surface area contributed by atoms with E-state index in [1.807, 2.05) is 0 Å². The summed E-state index contributed by atoms with van der Waals surface area (Å²) >= 11 is 0. The quantitative estimate of drug-likeness (QED) is 0.626. The molecule has 0 aromatic heterocycles. The second kappa shape index (κ2) is 7.21. The van der Waals surface area contributed by atoms with Gasteiger partial charge in [-0.2, -0.15) is 0 Å². The molecule has 0 amide bonds. The summed E-state index contributed by atoms with van der Waals surface area (Å²) in [5.74, 6) is 0.714. The molecular weight excluding hydrogens is 178 g/mol. The lowest BCUT2D eigenvalue weighted by Gasteiger charge is -2.15. The number of rotatable bonds is 7. The van der Waals surface area contributed by atoms with E-state index in [1.54, 1.807) is 0 Å². The van der Waals surface area contributed by atoms with Crippen molar-refractivity contribution in [3.05, 3.63) is 0 Å². The van der Waals surface area contributed by atoms with Crippen molar-refractivity contribution in [2.24, 2.45) is 5.92 Å². The van der Waals surface area contributed by atoms with Gasteiger partial charge in [-0.15, -0.1) is 0 Å². The van der Waals surface area contributed by atoms with E-state index in [9.17, 15) is 0 Å². The van der Waals surface area contributed by atoms with E-state index in [0.29, 0.717) is 12.5 Å². The minimum Gasteiger partial charge on any atom is -0.396 e. The van der Waals surface area contributed by atoms with Gasteiger partial charge in [0.15, 0.2) is 0 Å². The van der Waals surface area contributed by atoms with E-state index < -0.39 is 0 Å². The molecule has 1 fully saturated rings. The number of hydrogen-bond acceptors (Lipinski definition) is 3. The third-order valence-corrected chi connectivity index (χ3v) is 2.81. The van der Waals surface area contributed by atoms with Gasteiger partial charge in [0.2, 0.25) is 0 Å². The van der Waals surface area contributed by atoms with Gasteiger partial charge in [-0.1, -0.05) is 6.92 Å². The zero-order valence-electron chi connectivity index (χ0n) is 9.24. The van der Waals surface area contributed by atoms with Gasteiger partial charge in [-0.25, -0.2) is 0 Å². The van der Waals surface area contributed by atoms with Crippen LogP contribution in [0.5, 0.6) is 0 Å². The van der Waals surface area contributed by atoms with E-state index >= 15 is 0 Å². The fourth-order valence-electron chi connectivity index (χ4n) is 1.97. The Labute approximate surface area is 87.1 Å². The molecule has 0 aromatic carbocycles. The molecule has 0 radical (unpaired) electrons. The fourth-order valence-corrected chi connectivity index (χ4v) is 1.97. The van der Waals surface area contributed by atoms with Gasteiger partial charge in [-0.3, -0.25) is 0 Å². The normalized spacial score (nSPS) is 23.1. The molecular formula is C11H23NO2. The summed E-state index contributed by atoms with van der Waals surface area (Å²) in [5, 5.41) is 8.82. The van der Waals surface area contributed by atoms with Crippen LogP contribution in [0.15, 0.2) is 0 Å². The summed E-state index contributed by atoms with van der Waals surface area (Å²) in [6.45, 7) is 7.60. The number of ether oxygens (including phenoxy) is 1. The molecule has 1 aliphatic rings. The SMILES string of the molecule is CCCOCCN1CCC(CCO)C1. The third kappa shape index (κ3) is 4.40. The number of likely N-dealkylation sites (tertiary alicyclic amines) is 1. The van der Waals surface area contributed by atoms with Crippen molar-refractivity contribution in [2.75, 3.05) is 39.5 Å².